The smallest absolute Gasteiger partial charge is 0.230 e. The fraction of sp³-hybridized carbons (Fsp3) is 0.467. The van der Waals surface area contributed by atoms with Crippen molar-refractivity contribution in [3.8, 4) is 0 Å². The zero-order valence-corrected chi connectivity index (χ0v) is 11.4. The summed E-state index contributed by atoms with van der Waals surface area (Å²) >= 11 is 0. The SMILES string of the molecule is NC1(c2noc(C3CC3c3ccc(F)c(F)c3)n2)CCC1. The molecule has 21 heavy (non-hydrogen) atoms. The summed E-state index contributed by atoms with van der Waals surface area (Å²) in [7, 11) is 0. The number of nitrogens with zero attached hydrogens (tertiary/aromatic N) is 2. The molecule has 0 saturated heterocycles. The zero-order valence-electron chi connectivity index (χ0n) is 11.4. The molecule has 0 bridgehead atoms. The third kappa shape index (κ3) is 2.05. The summed E-state index contributed by atoms with van der Waals surface area (Å²) in [5.74, 6) is -0.328. The summed E-state index contributed by atoms with van der Waals surface area (Å²) in [6, 6.07) is 4.01. The number of rotatable bonds is 3. The van der Waals surface area contributed by atoms with Crippen molar-refractivity contribution in [1.29, 1.82) is 0 Å². The largest absolute Gasteiger partial charge is 0.339 e. The van der Waals surface area contributed by atoms with Gasteiger partial charge < -0.3 is 10.3 Å². The topological polar surface area (TPSA) is 64.9 Å². The Bertz CT molecular complexity index is 696. The first kappa shape index (κ1) is 12.9. The van der Waals surface area contributed by atoms with Gasteiger partial charge in [-0.15, -0.1) is 0 Å². The van der Waals surface area contributed by atoms with Crippen molar-refractivity contribution in [3.63, 3.8) is 0 Å². The maximum absolute atomic E-state index is 13.3. The first-order valence-electron chi connectivity index (χ1n) is 7.15. The van der Waals surface area contributed by atoms with Crippen molar-refractivity contribution in [1.82, 2.24) is 10.1 Å². The van der Waals surface area contributed by atoms with Gasteiger partial charge in [-0.05, 0) is 49.3 Å². The van der Waals surface area contributed by atoms with E-state index in [1.165, 1.54) is 6.07 Å². The van der Waals surface area contributed by atoms with Gasteiger partial charge in [0.15, 0.2) is 17.5 Å². The normalized spacial score (nSPS) is 26.4. The predicted octanol–water partition coefficient (Wildman–Crippen LogP) is 2.96. The maximum atomic E-state index is 13.3. The lowest BCUT2D eigenvalue weighted by Gasteiger charge is -2.34. The lowest BCUT2D eigenvalue weighted by Crippen LogP contribution is -2.44. The highest BCUT2D eigenvalue weighted by Gasteiger charge is 2.46. The molecule has 0 spiro atoms. The lowest BCUT2D eigenvalue weighted by atomic mass is 9.77. The van der Waals surface area contributed by atoms with E-state index in [-0.39, 0.29) is 11.8 Å². The first-order valence-corrected chi connectivity index (χ1v) is 7.15. The fourth-order valence-electron chi connectivity index (χ4n) is 2.95. The van der Waals surface area contributed by atoms with Gasteiger partial charge in [-0.25, -0.2) is 8.78 Å². The summed E-state index contributed by atoms with van der Waals surface area (Å²) in [5, 5.41) is 3.99. The quantitative estimate of drug-likeness (QED) is 0.944. The fourth-order valence-corrected chi connectivity index (χ4v) is 2.95. The van der Waals surface area contributed by atoms with E-state index in [2.05, 4.69) is 10.1 Å². The molecule has 2 saturated carbocycles. The molecule has 0 radical (unpaired) electrons. The van der Waals surface area contributed by atoms with E-state index < -0.39 is 17.2 Å². The van der Waals surface area contributed by atoms with E-state index >= 15 is 0 Å². The van der Waals surface area contributed by atoms with Crippen LogP contribution in [0.3, 0.4) is 0 Å². The summed E-state index contributed by atoms with van der Waals surface area (Å²) < 4.78 is 31.5. The minimum absolute atomic E-state index is 0.0831. The number of aromatic nitrogens is 2. The summed E-state index contributed by atoms with van der Waals surface area (Å²) in [5.41, 5.74) is 6.50. The van der Waals surface area contributed by atoms with Gasteiger partial charge in [0.2, 0.25) is 5.89 Å². The Kier molecular flexibility index (Phi) is 2.66. The Morgan fingerprint density at radius 1 is 1.19 bits per heavy atom. The third-order valence-corrected chi connectivity index (χ3v) is 4.61. The van der Waals surface area contributed by atoms with Crippen LogP contribution in [0.1, 0.15) is 54.8 Å². The number of hydrogen-bond donors (Lipinski definition) is 1. The predicted molar refractivity (Wildman–Crippen MR) is 70.5 cm³/mol. The van der Waals surface area contributed by atoms with Gasteiger partial charge in [0.1, 0.15) is 0 Å². The highest BCUT2D eigenvalue weighted by atomic mass is 19.2. The van der Waals surface area contributed by atoms with Crippen LogP contribution in [0.2, 0.25) is 0 Å². The molecule has 4 nitrogen and oxygen atoms in total. The molecule has 2 aliphatic rings. The minimum atomic E-state index is -0.828. The molecule has 1 aromatic heterocycles. The Morgan fingerprint density at radius 2 is 2.00 bits per heavy atom. The van der Waals surface area contributed by atoms with E-state index in [1.54, 1.807) is 6.07 Å². The van der Waals surface area contributed by atoms with Crippen molar-refractivity contribution in [2.24, 2.45) is 5.73 Å². The molecule has 2 N–H and O–H groups in total. The summed E-state index contributed by atoms with van der Waals surface area (Å²) in [4.78, 5) is 4.41. The standard InChI is InChI=1S/C15H15F2N3O/c16-11-3-2-8(6-12(11)17)9-7-10(9)13-19-14(20-21-13)15(18)4-1-5-15/h2-3,6,9-10H,1,4-5,7,18H2. The molecule has 6 heteroatoms. The Morgan fingerprint density at radius 3 is 2.67 bits per heavy atom. The highest BCUT2D eigenvalue weighted by Crippen LogP contribution is 2.54. The van der Waals surface area contributed by atoms with Crippen LogP contribution in [0.15, 0.2) is 22.7 Å². The van der Waals surface area contributed by atoms with E-state index in [9.17, 15) is 8.78 Å². The number of hydrogen-bond acceptors (Lipinski definition) is 4. The Balaban J connectivity index is 1.53. The van der Waals surface area contributed by atoms with Crippen molar-refractivity contribution in [3.05, 3.63) is 47.1 Å². The zero-order chi connectivity index (χ0) is 14.6. The summed E-state index contributed by atoms with van der Waals surface area (Å²) in [6.07, 6.45) is 3.65. The second-order valence-corrected chi connectivity index (χ2v) is 6.09. The van der Waals surface area contributed by atoms with Crippen LogP contribution in [-0.2, 0) is 5.54 Å². The molecule has 2 aromatic rings. The van der Waals surface area contributed by atoms with Gasteiger partial charge in [-0.3, -0.25) is 0 Å². The summed E-state index contributed by atoms with van der Waals surface area (Å²) in [6.45, 7) is 0. The molecule has 0 aliphatic heterocycles. The number of halogens is 2. The third-order valence-electron chi connectivity index (χ3n) is 4.61. The van der Waals surface area contributed by atoms with Crippen LogP contribution >= 0.6 is 0 Å². The molecular weight excluding hydrogens is 276 g/mol. The molecule has 4 rings (SSSR count). The molecule has 2 aliphatic carbocycles. The van der Waals surface area contributed by atoms with Crippen molar-refractivity contribution < 1.29 is 13.3 Å². The van der Waals surface area contributed by atoms with E-state index in [0.29, 0.717) is 11.7 Å². The second-order valence-electron chi connectivity index (χ2n) is 6.09. The van der Waals surface area contributed by atoms with Gasteiger partial charge in [-0.2, -0.15) is 4.98 Å². The lowest BCUT2D eigenvalue weighted by molar-refractivity contribution is 0.229. The van der Waals surface area contributed by atoms with Gasteiger partial charge in [0, 0.05) is 5.92 Å². The van der Waals surface area contributed by atoms with Gasteiger partial charge in [0.25, 0.3) is 0 Å². The Hall–Kier alpha value is -1.82. The maximum Gasteiger partial charge on any atom is 0.230 e. The second kappa shape index (κ2) is 4.34. The molecule has 0 amide bonds. The van der Waals surface area contributed by atoms with Crippen molar-refractivity contribution in [2.75, 3.05) is 0 Å². The average molecular weight is 291 g/mol. The highest BCUT2D eigenvalue weighted by molar-refractivity contribution is 5.31. The van der Waals surface area contributed by atoms with Crippen LogP contribution in [0.5, 0.6) is 0 Å². The monoisotopic (exact) mass is 291 g/mol. The first-order chi connectivity index (χ1) is 10.1. The number of nitrogens with two attached hydrogens (primary N) is 1. The number of benzene rings is 1. The van der Waals surface area contributed by atoms with Crippen LogP contribution < -0.4 is 5.73 Å². The molecule has 2 fully saturated rings. The minimum Gasteiger partial charge on any atom is -0.339 e. The molecule has 110 valence electrons. The Labute approximate surface area is 120 Å². The molecule has 2 unspecified atom stereocenters. The average Bonchev–Trinajstić information content (AvgIpc) is 3.08. The van der Waals surface area contributed by atoms with Crippen LogP contribution in [0.25, 0.3) is 0 Å². The molecular formula is C15H15F2N3O. The molecule has 2 atom stereocenters. The van der Waals surface area contributed by atoms with Crippen LogP contribution in [0.4, 0.5) is 8.78 Å². The van der Waals surface area contributed by atoms with E-state index in [1.807, 2.05) is 0 Å². The van der Waals surface area contributed by atoms with E-state index in [4.69, 9.17) is 10.3 Å². The van der Waals surface area contributed by atoms with Crippen LogP contribution in [0, 0.1) is 11.6 Å². The van der Waals surface area contributed by atoms with Gasteiger partial charge in [-0.1, -0.05) is 11.2 Å². The van der Waals surface area contributed by atoms with Crippen molar-refractivity contribution >= 4 is 0 Å². The van der Waals surface area contributed by atoms with Gasteiger partial charge in [0.05, 0.1) is 5.54 Å². The van der Waals surface area contributed by atoms with E-state index in [0.717, 1.165) is 37.3 Å². The van der Waals surface area contributed by atoms with Crippen LogP contribution in [-0.4, -0.2) is 10.1 Å². The van der Waals surface area contributed by atoms with Gasteiger partial charge >= 0.3 is 0 Å². The van der Waals surface area contributed by atoms with Crippen molar-refractivity contribution in [2.45, 2.75) is 43.1 Å². The molecule has 1 aromatic carbocycles. The molecule has 1 heterocycles.